The van der Waals surface area contributed by atoms with Crippen LogP contribution in [-0.2, 0) is 15.3 Å². The molecule has 2 fully saturated rings. The maximum atomic E-state index is 12.5. The number of aliphatic hydroxyl groups excluding tert-OH is 1. The van der Waals surface area contributed by atoms with Crippen molar-refractivity contribution >= 4 is 40.6 Å². The van der Waals surface area contributed by atoms with E-state index in [1.807, 2.05) is 19.1 Å². The predicted octanol–water partition coefficient (Wildman–Crippen LogP) is 2.10. The van der Waals surface area contributed by atoms with Crippen LogP contribution in [0.2, 0.25) is 0 Å². The lowest BCUT2D eigenvalue weighted by atomic mass is 9.79. The van der Waals surface area contributed by atoms with Gasteiger partial charge in [-0.05, 0) is 24.5 Å². The molecule has 1 aromatic carbocycles. The number of nitrogens with one attached hydrogen (secondary N) is 2. The van der Waals surface area contributed by atoms with Gasteiger partial charge in [0.2, 0.25) is 5.91 Å². The van der Waals surface area contributed by atoms with Crippen molar-refractivity contribution in [2.24, 2.45) is 17.6 Å². The van der Waals surface area contributed by atoms with Gasteiger partial charge in [0.25, 0.3) is 0 Å². The van der Waals surface area contributed by atoms with E-state index in [-0.39, 0.29) is 40.0 Å². The molecule has 1 amide bonds. The van der Waals surface area contributed by atoms with Crippen molar-refractivity contribution in [3.05, 3.63) is 46.0 Å². The second-order valence-electron chi connectivity index (χ2n) is 8.60. The van der Waals surface area contributed by atoms with E-state index in [4.69, 9.17) is 11.1 Å². The van der Waals surface area contributed by atoms with Crippen molar-refractivity contribution in [3.63, 3.8) is 0 Å². The zero-order chi connectivity index (χ0) is 23.2. The Morgan fingerprint density at radius 1 is 1.38 bits per heavy atom. The first-order chi connectivity index (χ1) is 15.2. The fourth-order valence-electron chi connectivity index (χ4n) is 4.91. The van der Waals surface area contributed by atoms with Crippen LogP contribution in [0.4, 0.5) is 0 Å². The van der Waals surface area contributed by atoms with Crippen molar-refractivity contribution in [3.8, 4) is 0 Å². The Bertz CT molecular complexity index is 965. The molecule has 32 heavy (non-hydrogen) atoms. The number of carboxylic acids is 1. The highest BCUT2D eigenvalue weighted by molar-refractivity contribution is 8.13. The highest BCUT2D eigenvalue weighted by atomic mass is 32.2. The molecule has 2 saturated heterocycles. The number of fused-ring (bicyclic) bond motifs is 1. The summed E-state index contributed by atoms with van der Waals surface area (Å²) in [6, 6.07) is 8.16. The molecular formula is C22H28N4O4S2. The largest absolute Gasteiger partial charge is 0.477 e. The first kappa shape index (κ1) is 23.2. The Balaban J connectivity index is 1.43. The van der Waals surface area contributed by atoms with E-state index in [2.05, 4.69) is 17.4 Å². The van der Waals surface area contributed by atoms with Crippen LogP contribution in [-0.4, -0.2) is 56.1 Å². The molecule has 172 valence electrons. The summed E-state index contributed by atoms with van der Waals surface area (Å²) in [6.07, 6.45) is 0.0632. The normalized spacial score (nSPS) is 30.3. The quantitative estimate of drug-likeness (QED) is 0.229. The number of hydrogen-bond donors (Lipinski definition) is 5. The fraction of sp³-hybridized carbons (Fsp3) is 0.500. The number of rotatable bonds is 7. The third-order valence-corrected chi connectivity index (χ3v) is 8.77. The van der Waals surface area contributed by atoms with Gasteiger partial charge in [-0.2, -0.15) is 0 Å². The molecule has 0 unspecified atom stereocenters. The average molecular weight is 477 g/mol. The van der Waals surface area contributed by atoms with E-state index >= 15 is 0 Å². The molecular weight excluding hydrogens is 448 g/mol. The second-order valence-corrected chi connectivity index (χ2v) is 11.0. The highest BCUT2D eigenvalue weighted by Gasteiger charge is 2.60. The number of carboxylic acid groups (broad SMARTS) is 1. The fourth-order valence-corrected chi connectivity index (χ4v) is 6.91. The van der Waals surface area contributed by atoms with Gasteiger partial charge >= 0.3 is 5.97 Å². The van der Waals surface area contributed by atoms with Crippen LogP contribution in [0.3, 0.4) is 0 Å². The lowest BCUT2D eigenvalue weighted by Gasteiger charge is -2.46. The van der Waals surface area contributed by atoms with Crippen molar-refractivity contribution < 1.29 is 19.8 Å². The van der Waals surface area contributed by atoms with Crippen molar-refractivity contribution in [2.75, 3.05) is 6.54 Å². The van der Waals surface area contributed by atoms with Crippen molar-refractivity contribution in [1.82, 2.24) is 10.2 Å². The maximum absolute atomic E-state index is 12.5. The number of benzene rings is 1. The number of carbonyl (C=O) groups excluding carboxylic acids is 1. The van der Waals surface area contributed by atoms with E-state index < -0.39 is 18.0 Å². The molecule has 0 saturated carbocycles. The summed E-state index contributed by atoms with van der Waals surface area (Å²) in [6.45, 7) is 4.29. The third kappa shape index (κ3) is 4.16. The molecule has 3 aliphatic rings. The Kier molecular flexibility index (Phi) is 6.58. The Morgan fingerprint density at radius 3 is 2.66 bits per heavy atom. The summed E-state index contributed by atoms with van der Waals surface area (Å²) in [5.41, 5.74) is 7.77. The number of β-lactam (4-membered cyclic amide) rings is 1. The van der Waals surface area contributed by atoms with Crippen LogP contribution in [0.1, 0.15) is 37.4 Å². The van der Waals surface area contributed by atoms with Gasteiger partial charge in [0.05, 0.1) is 18.1 Å². The van der Waals surface area contributed by atoms with Crippen LogP contribution in [0, 0.1) is 17.2 Å². The van der Waals surface area contributed by atoms with E-state index in [0.717, 1.165) is 23.4 Å². The average Bonchev–Trinajstić information content (AvgIpc) is 3.29. The Hall–Kier alpha value is -2.01. The molecule has 1 aromatic rings. The zero-order valence-electron chi connectivity index (χ0n) is 17.9. The van der Waals surface area contributed by atoms with Gasteiger partial charge in [-0.15, -0.1) is 11.8 Å². The number of thioether (sulfide) groups is 2. The number of aliphatic carboxylic acids is 1. The minimum atomic E-state index is -1.08. The Morgan fingerprint density at radius 2 is 2.06 bits per heavy atom. The second kappa shape index (κ2) is 9.09. The first-order valence-corrected chi connectivity index (χ1v) is 12.5. The highest BCUT2D eigenvalue weighted by Crippen LogP contribution is 2.52. The van der Waals surface area contributed by atoms with Crippen LogP contribution < -0.4 is 11.1 Å². The molecule has 0 aliphatic carbocycles. The summed E-state index contributed by atoms with van der Waals surface area (Å²) in [5, 5.41) is 30.9. The molecule has 0 bridgehead atoms. The molecule has 0 spiro atoms. The topological polar surface area (TPSA) is 140 Å². The molecule has 8 nitrogen and oxygen atoms in total. The van der Waals surface area contributed by atoms with Crippen molar-refractivity contribution in [2.45, 2.75) is 49.5 Å². The van der Waals surface area contributed by atoms with Gasteiger partial charge in [0.15, 0.2) is 5.17 Å². The minimum absolute atomic E-state index is 0.0881. The summed E-state index contributed by atoms with van der Waals surface area (Å²) in [4.78, 5) is 26.6. The number of amides is 1. The number of carbonyl (C=O) groups is 2. The van der Waals surface area contributed by atoms with Gasteiger partial charge in [0, 0.05) is 34.4 Å². The third-order valence-electron chi connectivity index (χ3n) is 6.47. The van der Waals surface area contributed by atoms with Gasteiger partial charge < -0.3 is 26.2 Å². The van der Waals surface area contributed by atoms with Crippen LogP contribution in [0.5, 0.6) is 0 Å². The minimum Gasteiger partial charge on any atom is -0.477 e. The number of hydrogen-bond acceptors (Lipinski definition) is 7. The van der Waals surface area contributed by atoms with Crippen LogP contribution >= 0.6 is 23.5 Å². The SMILES string of the molecule is C[C@@H](O)[C@H]1C(=O)N2C(C(=O)O)=C(S[C@@H]3CN[C@@H](c4ccc(CSC(=N)N)cc4)C3)[C@H](C)[C@H]12. The lowest BCUT2D eigenvalue weighted by molar-refractivity contribution is -0.163. The number of nitrogens with two attached hydrogens (primary N) is 1. The summed E-state index contributed by atoms with van der Waals surface area (Å²) in [7, 11) is 0. The molecule has 6 atom stereocenters. The predicted molar refractivity (Wildman–Crippen MR) is 126 cm³/mol. The standard InChI is InChI=1S/C22H28N4O4S2/c1-10-17-16(11(2)27)20(28)26(17)18(21(29)30)19(10)32-14-7-15(25-8-14)13-5-3-12(4-6-13)9-31-22(23)24/h3-6,10-11,14-17,25,27H,7-9H2,1-2H3,(H3,23,24)(H,29,30)/t10-,11-,14+,15-,16-,17-/m1/s1. The monoisotopic (exact) mass is 476 g/mol. The van der Waals surface area contributed by atoms with Crippen molar-refractivity contribution in [1.29, 1.82) is 5.41 Å². The molecule has 6 N–H and O–H groups in total. The molecule has 10 heteroatoms. The van der Waals surface area contributed by atoms with E-state index in [0.29, 0.717) is 5.75 Å². The van der Waals surface area contributed by atoms with Gasteiger partial charge in [0.1, 0.15) is 5.70 Å². The molecule has 3 aliphatic heterocycles. The molecule has 4 rings (SSSR count). The molecule has 3 heterocycles. The van der Waals surface area contributed by atoms with E-state index in [9.17, 15) is 19.8 Å². The van der Waals surface area contributed by atoms with Gasteiger partial charge in [-0.1, -0.05) is 43.0 Å². The van der Waals surface area contributed by atoms with Gasteiger partial charge in [-0.3, -0.25) is 10.2 Å². The lowest BCUT2D eigenvalue weighted by Crippen LogP contribution is -2.63. The van der Waals surface area contributed by atoms with Crippen LogP contribution in [0.25, 0.3) is 0 Å². The van der Waals surface area contributed by atoms with E-state index in [1.165, 1.54) is 22.2 Å². The van der Waals surface area contributed by atoms with Crippen LogP contribution in [0.15, 0.2) is 34.9 Å². The van der Waals surface area contributed by atoms with E-state index in [1.54, 1.807) is 18.7 Å². The zero-order valence-corrected chi connectivity index (χ0v) is 19.6. The maximum Gasteiger partial charge on any atom is 0.353 e. The summed E-state index contributed by atoms with van der Waals surface area (Å²) >= 11 is 2.85. The number of nitrogens with zero attached hydrogens (tertiary/aromatic N) is 1. The Labute approximate surface area is 195 Å². The molecule has 0 radical (unpaired) electrons. The van der Waals surface area contributed by atoms with Gasteiger partial charge in [-0.25, -0.2) is 4.79 Å². The molecule has 0 aromatic heterocycles. The summed E-state index contributed by atoms with van der Waals surface area (Å²) in [5.74, 6) is -1.36. The number of amidine groups is 1. The number of aliphatic hydroxyl groups is 1. The smallest absolute Gasteiger partial charge is 0.353 e. The first-order valence-electron chi connectivity index (χ1n) is 10.6. The summed E-state index contributed by atoms with van der Waals surface area (Å²) < 4.78 is 0.